The molecule has 0 aliphatic heterocycles. The maximum atomic E-state index is 12.7. The number of carbonyl (C=O) groups is 1. The highest BCUT2D eigenvalue weighted by molar-refractivity contribution is 7.89. The van der Waals surface area contributed by atoms with Crippen LogP contribution in [0.3, 0.4) is 0 Å². The van der Waals surface area contributed by atoms with Crippen molar-refractivity contribution in [1.82, 2.24) is 10.0 Å². The molecule has 0 saturated heterocycles. The van der Waals surface area contributed by atoms with Crippen LogP contribution in [-0.4, -0.2) is 33.6 Å². The molecule has 164 valence electrons. The fourth-order valence-electron chi connectivity index (χ4n) is 2.81. The summed E-state index contributed by atoms with van der Waals surface area (Å²) in [5.41, 5.74) is 2.16. The van der Waals surface area contributed by atoms with Gasteiger partial charge in [0.25, 0.3) is 5.91 Å². The standard InChI is InChI=1S/C22H30N2O5S/c1-15(2)24-30(26,27)21-12-17(10-11-20(21)28-5)22(25)23-13-18-8-6-7-9-19(18)14-29-16(3)4/h6-12,15-16,24H,13-14H2,1-5H3,(H,23,25). The number of benzene rings is 2. The number of hydrogen-bond acceptors (Lipinski definition) is 5. The van der Waals surface area contributed by atoms with Gasteiger partial charge < -0.3 is 14.8 Å². The van der Waals surface area contributed by atoms with E-state index in [1.165, 1.54) is 25.3 Å². The molecule has 0 radical (unpaired) electrons. The average Bonchev–Trinajstić information content (AvgIpc) is 2.69. The van der Waals surface area contributed by atoms with Gasteiger partial charge in [-0.05, 0) is 57.0 Å². The van der Waals surface area contributed by atoms with Crippen molar-refractivity contribution in [2.24, 2.45) is 0 Å². The molecule has 0 bridgehead atoms. The van der Waals surface area contributed by atoms with E-state index in [-0.39, 0.29) is 34.3 Å². The third kappa shape index (κ3) is 6.55. The predicted molar refractivity (Wildman–Crippen MR) is 116 cm³/mol. The van der Waals surface area contributed by atoms with E-state index in [9.17, 15) is 13.2 Å². The number of hydrogen-bond donors (Lipinski definition) is 2. The van der Waals surface area contributed by atoms with Crippen molar-refractivity contribution < 1.29 is 22.7 Å². The van der Waals surface area contributed by atoms with Crippen molar-refractivity contribution in [3.8, 4) is 5.75 Å². The molecule has 0 spiro atoms. The van der Waals surface area contributed by atoms with E-state index in [1.54, 1.807) is 13.8 Å². The molecule has 8 heteroatoms. The smallest absolute Gasteiger partial charge is 0.251 e. The zero-order valence-electron chi connectivity index (χ0n) is 18.1. The monoisotopic (exact) mass is 434 g/mol. The zero-order chi connectivity index (χ0) is 22.3. The Morgan fingerprint density at radius 2 is 1.70 bits per heavy atom. The lowest BCUT2D eigenvalue weighted by Gasteiger charge is -2.15. The molecular formula is C22H30N2O5S. The van der Waals surface area contributed by atoms with E-state index in [0.29, 0.717) is 13.2 Å². The SMILES string of the molecule is COc1ccc(C(=O)NCc2ccccc2COC(C)C)cc1S(=O)(=O)NC(C)C. The number of methoxy groups -OCH3 is 1. The number of amides is 1. The number of sulfonamides is 1. The molecule has 0 aliphatic carbocycles. The Labute approximate surface area is 178 Å². The van der Waals surface area contributed by atoms with Gasteiger partial charge in [0.2, 0.25) is 10.0 Å². The summed E-state index contributed by atoms with van der Waals surface area (Å²) in [6.45, 7) is 8.13. The number of carbonyl (C=O) groups excluding carboxylic acids is 1. The third-order valence-electron chi connectivity index (χ3n) is 4.24. The normalized spacial score (nSPS) is 11.7. The van der Waals surface area contributed by atoms with Gasteiger partial charge in [0, 0.05) is 18.2 Å². The quantitative estimate of drug-likeness (QED) is 0.599. The highest BCUT2D eigenvalue weighted by Gasteiger charge is 2.22. The molecule has 0 aliphatic rings. The molecule has 2 aromatic carbocycles. The van der Waals surface area contributed by atoms with E-state index >= 15 is 0 Å². The van der Waals surface area contributed by atoms with E-state index in [4.69, 9.17) is 9.47 Å². The zero-order valence-corrected chi connectivity index (χ0v) is 18.9. The van der Waals surface area contributed by atoms with Crippen molar-refractivity contribution >= 4 is 15.9 Å². The average molecular weight is 435 g/mol. The molecule has 0 unspecified atom stereocenters. The van der Waals surface area contributed by atoms with Gasteiger partial charge in [-0.2, -0.15) is 0 Å². The van der Waals surface area contributed by atoms with Gasteiger partial charge in [-0.3, -0.25) is 4.79 Å². The molecule has 7 nitrogen and oxygen atoms in total. The molecule has 2 aromatic rings. The summed E-state index contributed by atoms with van der Waals surface area (Å²) in [4.78, 5) is 12.6. The highest BCUT2D eigenvalue weighted by Crippen LogP contribution is 2.25. The van der Waals surface area contributed by atoms with Gasteiger partial charge in [-0.15, -0.1) is 0 Å². The number of nitrogens with one attached hydrogen (secondary N) is 2. The fraction of sp³-hybridized carbons (Fsp3) is 0.409. The number of rotatable bonds is 10. The summed E-state index contributed by atoms with van der Waals surface area (Å²) >= 11 is 0. The minimum absolute atomic E-state index is 0.0721. The van der Waals surface area contributed by atoms with E-state index in [1.807, 2.05) is 38.1 Å². The molecule has 2 rings (SSSR count). The van der Waals surface area contributed by atoms with Crippen LogP contribution < -0.4 is 14.8 Å². The van der Waals surface area contributed by atoms with Crippen LogP contribution in [0.4, 0.5) is 0 Å². The van der Waals surface area contributed by atoms with Gasteiger partial charge in [0.15, 0.2) is 0 Å². The molecular weight excluding hydrogens is 404 g/mol. The van der Waals surface area contributed by atoms with E-state index in [0.717, 1.165) is 11.1 Å². The van der Waals surface area contributed by atoms with Crippen LogP contribution >= 0.6 is 0 Å². The first-order valence-corrected chi connectivity index (χ1v) is 11.3. The van der Waals surface area contributed by atoms with Gasteiger partial charge in [-0.1, -0.05) is 24.3 Å². The maximum absolute atomic E-state index is 12.7. The van der Waals surface area contributed by atoms with Crippen molar-refractivity contribution in [3.63, 3.8) is 0 Å². The molecule has 30 heavy (non-hydrogen) atoms. The second kappa shape index (κ2) is 10.6. The van der Waals surface area contributed by atoms with E-state index in [2.05, 4.69) is 10.0 Å². The first-order chi connectivity index (χ1) is 14.1. The van der Waals surface area contributed by atoms with Crippen LogP contribution in [0.15, 0.2) is 47.4 Å². The maximum Gasteiger partial charge on any atom is 0.251 e. The minimum Gasteiger partial charge on any atom is -0.495 e. The Balaban J connectivity index is 2.20. The molecule has 2 N–H and O–H groups in total. The summed E-state index contributed by atoms with van der Waals surface area (Å²) in [5.74, 6) is -0.200. The first kappa shape index (κ1) is 23.9. The van der Waals surface area contributed by atoms with Crippen LogP contribution in [0.25, 0.3) is 0 Å². The van der Waals surface area contributed by atoms with Crippen molar-refractivity contribution in [2.45, 2.75) is 57.9 Å². The molecule has 0 atom stereocenters. The van der Waals surface area contributed by atoms with Crippen LogP contribution in [-0.2, 0) is 27.9 Å². The third-order valence-corrected chi connectivity index (χ3v) is 5.92. The van der Waals surface area contributed by atoms with Crippen molar-refractivity contribution in [1.29, 1.82) is 0 Å². The largest absolute Gasteiger partial charge is 0.495 e. The summed E-state index contributed by atoms with van der Waals surface area (Å²) < 4.78 is 38.6. The fourth-order valence-corrected chi connectivity index (χ4v) is 4.25. The first-order valence-electron chi connectivity index (χ1n) is 9.81. The van der Waals surface area contributed by atoms with Crippen LogP contribution in [0, 0.1) is 0 Å². The molecule has 0 aromatic heterocycles. The predicted octanol–water partition coefficient (Wildman–Crippen LogP) is 3.24. The molecule has 0 heterocycles. The lowest BCUT2D eigenvalue weighted by molar-refractivity contribution is 0.0651. The minimum atomic E-state index is -3.82. The highest BCUT2D eigenvalue weighted by atomic mass is 32.2. The van der Waals surface area contributed by atoms with Crippen LogP contribution in [0.5, 0.6) is 5.75 Å². The van der Waals surface area contributed by atoms with Gasteiger partial charge in [0.1, 0.15) is 10.6 Å². The Hall–Kier alpha value is -2.42. The van der Waals surface area contributed by atoms with E-state index < -0.39 is 10.0 Å². The summed E-state index contributed by atoms with van der Waals surface area (Å²) in [5, 5.41) is 2.85. The van der Waals surface area contributed by atoms with Crippen molar-refractivity contribution in [2.75, 3.05) is 7.11 Å². The molecule has 0 fully saturated rings. The topological polar surface area (TPSA) is 93.7 Å². The summed E-state index contributed by atoms with van der Waals surface area (Å²) in [7, 11) is -2.43. The second-order valence-corrected chi connectivity index (χ2v) is 9.14. The Morgan fingerprint density at radius 3 is 2.30 bits per heavy atom. The Morgan fingerprint density at radius 1 is 1.03 bits per heavy atom. The lowest BCUT2D eigenvalue weighted by Crippen LogP contribution is -2.31. The Bertz CT molecular complexity index is 971. The van der Waals surface area contributed by atoms with Gasteiger partial charge >= 0.3 is 0 Å². The van der Waals surface area contributed by atoms with Gasteiger partial charge in [-0.25, -0.2) is 13.1 Å². The summed E-state index contributed by atoms with van der Waals surface area (Å²) in [6, 6.07) is 11.8. The summed E-state index contributed by atoms with van der Waals surface area (Å²) in [6.07, 6.45) is 0.103. The van der Waals surface area contributed by atoms with Crippen molar-refractivity contribution in [3.05, 3.63) is 59.2 Å². The molecule has 0 saturated carbocycles. The van der Waals surface area contributed by atoms with Crippen LogP contribution in [0.2, 0.25) is 0 Å². The second-order valence-electron chi connectivity index (χ2n) is 7.45. The lowest BCUT2D eigenvalue weighted by atomic mass is 10.1. The van der Waals surface area contributed by atoms with Crippen LogP contribution in [0.1, 0.15) is 49.2 Å². The number of ether oxygens (including phenoxy) is 2. The Kier molecular flexibility index (Phi) is 8.40. The van der Waals surface area contributed by atoms with Gasteiger partial charge in [0.05, 0.1) is 19.8 Å². The molecule has 1 amide bonds.